The standard InChI is InChI=1S/C21H24FN5O2/c22-18-15(4-2-8-25-18)19(28)27-13-3-1-6-21(27,7-5-13)17(24)20(29)26-14(11-23)9-12-10-16(12)26/h2,4,8,12-14,16-17H,1,3,5-7,9-10,24H2. The van der Waals surface area contributed by atoms with Crippen LogP contribution >= 0.6 is 0 Å². The molecule has 3 saturated heterocycles. The molecule has 29 heavy (non-hydrogen) atoms. The maximum absolute atomic E-state index is 14.3. The predicted molar refractivity (Wildman–Crippen MR) is 101 cm³/mol. The molecule has 0 spiro atoms. The fraction of sp³-hybridized carbons (Fsp3) is 0.619. The lowest BCUT2D eigenvalue weighted by atomic mass is 9.80. The van der Waals surface area contributed by atoms with Gasteiger partial charge in [-0.3, -0.25) is 9.59 Å². The summed E-state index contributed by atoms with van der Waals surface area (Å²) in [6.45, 7) is 0. The molecule has 0 radical (unpaired) electrons. The number of likely N-dealkylation sites (tertiary alicyclic amines) is 1. The number of hydrogen-bond donors (Lipinski definition) is 1. The number of nitrogens with two attached hydrogens (primary N) is 1. The quantitative estimate of drug-likeness (QED) is 0.780. The number of nitrogens with zero attached hydrogens (tertiary/aromatic N) is 4. The van der Waals surface area contributed by atoms with Crippen molar-refractivity contribution in [3.8, 4) is 6.07 Å². The first-order valence-electron chi connectivity index (χ1n) is 10.4. The van der Waals surface area contributed by atoms with Gasteiger partial charge in [0.2, 0.25) is 11.9 Å². The molecule has 7 nitrogen and oxygen atoms in total. The molecule has 1 aromatic rings. The molecule has 2 amide bonds. The van der Waals surface area contributed by atoms with E-state index in [9.17, 15) is 19.2 Å². The van der Waals surface area contributed by atoms with Crippen LogP contribution in [0.15, 0.2) is 18.3 Å². The second kappa shape index (κ2) is 6.49. The molecule has 2 bridgehead atoms. The van der Waals surface area contributed by atoms with Crippen LogP contribution in [0, 0.1) is 23.2 Å². The maximum Gasteiger partial charge on any atom is 0.259 e. The topological polar surface area (TPSA) is 103 Å². The second-order valence-corrected chi connectivity index (χ2v) is 8.87. The van der Waals surface area contributed by atoms with Crippen molar-refractivity contribution in [3.05, 3.63) is 29.8 Å². The van der Waals surface area contributed by atoms with Crippen LogP contribution < -0.4 is 5.73 Å². The third kappa shape index (κ3) is 2.60. The number of aromatic nitrogens is 1. The smallest absolute Gasteiger partial charge is 0.259 e. The number of carbonyl (C=O) groups excluding carboxylic acids is 2. The Hall–Kier alpha value is -2.53. The van der Waals surface area contributed by atoms with Crippen molar-refractivity contribution in [2.75, 3.05) is 0 Å². The van der Waals surface area contributed by atoms with Crippen LogP contribution in [0.3, 0.4) is 0 Å². The highest BCUT2D eigenvalue weighted by molar-refractivity contribution is 5.96. The van der Waals surface area contributed by atoms with Crippen molar-refractivity contribution in [2.24, 2.45) is 11.7 Å². The Labute approximate surface area is 168 Å². The second-order valence-electron chi connectivity index (χ2n) is 8.87. The molecule has 5 rings (SSSR count). The van der Waals surface area contributed by atoms with Crippen molar-refractivity contribution in [2.45, 2.75) is 74.7 Å². The van der Waals surface area contributed by atoms with Gasteiger partial charge < -0.3 is 15.5 Å². The molecular weight excluding hydrogens is 373 g/mol. The van der Waals surface area contributed by atoms with E-state index in [4.69, 9.17) is 5.73 Å². The molecule has 6 atom stereocenters. The molecule has 0 aromatic carbocycles. The summed E-state index contributed by atoms with van der Waals surface area (Å²) in [5.74, 6) is -1.09. The molecule has 1 aromatic heterocycles. The Morgan fingerprint density at radius 3 is 2.93 bits per heavy atom. The van der Waals surface area contributed by atoms with Crippen molar-refractivity contribution in [3.63, 3.8) is 0 Å². The zero-order chi connectivity index (χ0) is 20.3. The minimum atomic E-state index is -0.910. The summed E-state index contributed by atoms with van der Waals surface area (Å²) >= 11 is 0. The van der Waals surface area contributed by atoms with Crippen molar-refractivity contribution < 1.29 is 14.0 Å². The number of amides is 2. The average Bonchev–Trinajstić information content (AvgIpc) is 3.33. The first kappa shape index (κ1) is 18.5. The van der Waals surface area contributed by atoms with Gasteiger partial charge in [0, 0.05) is 18.3 Å². The lowest BCUT2D eigenvalue weighted by Gasteiger charge is -2.48. The summed E-state index contributed by atoms with van der Waals surface area (Å²) in [7, 11) is 0. The van der Waals surface area contributed by atoms with Gasteiger partial charge >= 0.3 is 0 Å². The van der Waals surface area contributed by atoms with E-state index >= 15 is 0 Å². The van der Waals surface area contributed by atoms with E-state index in [2.05, 4.69) is 11.1 Å². The molecule has 1 aliphatic carbocycles. The van der Waals surface area contributed by atoms with E-state index < -0.39 is 29.5 Å². The molecule has 8 heteroatoms. The summed E-state index contributed by atoms with van der Waals surface area (Å²) in [6, 6.07) is 3.91. The van der Waals surface area contributed by atoms with Gasteiger partial charge in [-0.15, -0.1) is 0 Å². The van der Waals surface area contributed by atoms with Crippen molar-refractivity contribution in [1.29, 1.82) is 5.26 Å². The van der Waals surface area contributed by atoms with Gasteiger partial charge in [0.1, 0.15) is 12.1 Å². The molecule has 4 fully saturated rings. The third-order valence-electron chi connectivity index (χ3n) is 7.46. The predicted octanol–water partition coefficient (Wildman–Crippen LogP) is 1.59. The minimum absolute atomic E-state index is 0.0475. The van der Waals surface area contributed by atoms with Gasteiger partial charge in [-0.05, 0) is 63.0 Å². The third-order valence-corrected chi connectivity index (χ3v) is 7.46. The van der Waals surface area contributed by atoms with Gasteiger partial charge in [-0.25, -0.2) is 4.98 Å². The van der Waals surface area contributed by atoms with E-state index in [-0.39, 0.29) is 23.6 Å². The van der Waals surface area contributed by atoms with Crippen LogP contribution in [0.2, 0.25) is 0 Å². The zero-order valence-corrected chi connectivity index (χ0v) is 16.1. The lowest BCUT2D eigenvalue weighted by Crippen LogP contribution is -2.67. The minimum Gasteiger partial charge on any atom is -0.328 e. The Morgan fingerprint density at radius 2 is 2.17 bits per heavy atom. The highest BCUT2D eigenvalue weighted by Gasteiger charge is 2.60. The first-order chi connectivity index (χ1) is 14.0. The first-order valence-corrected chi connectivity index (χ1v) is 10.4. The van der Waals surface area contributed by atoms with E-state index in [1.54, 1.807) is 9.80 Å². The summed E-state index contributed by atoms with van der Waals surface area (Å²) in [5.41, 5.74) is 5.68. The van der Waals surface area contributed by atoms with E-state index in [1.807, 2.05) is 0 Å². The zero-order valence-electron chi connectivity index (χ0n) is 16.1. The number of carbonyl (C=O) groups is 2. The Bertz CT molecular complexity index is 913. The monoisotopic (exact) mass is 397 g/mol. The molecule has 6 unspecified atom stereocenters. The molecule has 4 heterocycles. The van der Waals surface area contributed by atoms with Crippen LogP contribution in [0.25, 0.3) is 0 Å². The van der Waals surface area contributed by atoms with Crippen LogP contribution in [-0.2, 0) is 4.79 Å². The SMILES string of the molecule is N#CC1CC2CC2N1C(=O)C(N)C12CCCC(CC1)N2C(=O)c1cccnc1F. The number of rotatable bonds is 3. The van der Waals surface area contributed by atoms with Gasteiger partial charge in [-0.2, -0.15) is 9.65 Å². The highest BCUT2D eigenvalue weighted by atomic mass is 19.1. The normalized spacial score (nSPS) is 35.8. The van der Waals surface area contributed by atoms with Gasteiger partial charge in [0.05, 0.1) is 17.2 Å². The Balaban J connectivity index is 1.48. The Kier molecular flexibility index (Phi) is 4.14. The number of piperidine rings is 2. The van der Waals surface area contributed by atoms with Crippen LogP contribution in [0.5, 0.6) is 0 Å². The molecule has 2 N–H and O–H groups in total. The summed E-state index contributed by atoms with van der Waals surface area (Å²) in [6.07, 6.45) is 6.63. The number of hydrogen-bond acceptors (Lipinski definition) is 5. The van der Waals surface area contributed by atoms with E-state index in [0.717, 1.165) is 25.7 Å². The summed E-state index contributed by atoms with van der Waals surface area (Å²) in [5, 5.41) is 9.47. The Morgan fingerprint density at radius 1 is 1.34 bits per heavy atom. The molecule has 152 valence electrons. The van der Waals surface area contributed by atoms with Gasteiger partial charge in [-0.1, -0.05) is 0 Å². The van der Waals surface area contributed by atoms with Gasteiger partial charge in [0.15, 0.2) is 0 Å². The number of nitriles is 1. The van der Waals surface area contributed by atoms with Gasteiger partial charge in [0.25, 0.3) is 5.91 Å². The molecular formula is C21H24FN5O2. The maximum atomic E-state index is 14.3. The fourth-order valence-corrected chi connectivity index (χ4v) is 5.98. The summed E-state index contributed by atoms with van der Waals surface area (Å²) < 4.78 is 14.3. The van der Waals surface area contributed by atoms with Crippen LogP contribution in [-0.4, -0.2) is 56.3 Å². The van der Waals surface area contributed by atoms with E-state index in [0.29, 0.717) is 25.2 Å². The van der Waals surface area contributed by atoms with E-state index in [1.165, 1.54) is 18.3 Å². The fourth-order valence-electron chi connectivity index (χ4n) is 5.98. The lowest BCUT2D eigenvalue weighted by molar-refractivity contribution is -0.137. The number of pyridine rings is 1. The number of fused-ring (bicyclic) bond motifs is 3. The van der Waals surface area contributed by atoms with Crippen molar-refractivity contribution in [1.82, 2.24) is 14.8 Å². The molecule has 4 aliphatic rings. The average molecular weight is 397 g/mol. The number of halogens is 1. The molecule has 3 aliphatic heterocycles. The highest BCUT2D eigenvalue weighted by Crippen LogP contribution is 2.50. The van der Waals surface area contributed by atoms with Crippen molar-refractivity contribution >= 4 is 11.8 Å². The molecule has 1 saturated carbocycles. The largest absolute Gasteiger partial charge is 0.328 e. The summed E-state index contributed by atoms with van der Waals surface area (Å²) in [4.78, 5) is 33.7. The van der Waals surface area contributed by atoms with Crippen LogP contribution in [0.4, 0.5) is 4.39 Å². The van der Waals surface area contributed by atoms with Crippen LogP contribution in [0.1, 0.15) is 55.3 Å².